The fraction of sp³-hybridized carbons (Fsp3) is 0.600. The highest BCUT2D eigenvalue weighted by molar-refractivity contribution is 5.56. The summed E-state index contributed by atoms with van der Waals surface area (Å²) in [6.45, 7) is 5.75. The molecule has 2 nitrogen and oxygen atoms in total. The van der Waals surface area contributed by atoms with E-state index < -0.39 is 0 Å². The Kier molecular flexibility index (Phi) is 4.06. The normalized spacial score (nSPS) is 21.1. The molecule has 2 atom stereocenters. The van der Waals surface area contributed by atoms with Crippen LogP contribution in [0.2, 0.25) is 0 Å². The fourth-order valence-electron chi connectivity index (χ4n) is 2.58. The number of fused-ring (bicyclic) bond motifs is 1. The van der Waals surface area contributed by atoms with Gasteiger partial charge in [0, 0.05) is 24.3 Å². The number of para-hydroxylation sites is 1. The van der Waals surface area contributed by atoms with Crippen LogP contribution in [-0.4, -0.2) is 25.7 Å². The average Bonchev–Trinajstić information content (AvgIpc) is 2.37. The highest BCUT2D eigenvalue weighted by atomic mass is 15.2. The van der Waals surface area contributed by atoms with E-state index in [1.54, 1.807) is 0 Å². The van der Waals surface area contributed by atoms with Crippen LogP contribution in [0.15, 0.2) is 24.3 Å². The average molecular weight is 232 g/mol. The molecule has 2 rings (SSSR count). The van der Waals surface area contributed by atoms with Crippen LogP contribution >= 0.6 is 0 Å². The van der Waals surface area contributed by atoms with E-state index in [2.05, 4.69) is 48.3 Å². The predicted octanol–water partition coefficient (Wildman–Crippen LogP) is 2.83. The van der Waals surface area contributed by atoms with Crippen LogP contribution in [0.1, 0.15) is 32.3 Å². The zero-order valence-electron chi connectivity index (χ0n) is 11.2. The molecule has 1 N–H and O–H groups in total. The Labute approximate surface area is 105 Å². The maximum atomic E-state index is 3.32. The zero-order chi connectivity index (χ0) is 12.3. The Balaban J connectivity index is 2.10. The summed E-state index contributed by atoms with van der Waals surface area (Å²) in [6, 6.07) is 10.1. The van der Waals surface area contributed by atoms with Crippen LogP contribution < -0.4 is 10.2 Å². The number of anilines is 1. The summed E-state index contributed by atoms with van der Waals surface area (Å²) in [6.07, 6.45) is 3.72. The number of benzene rings is 1. The van der Waals surface area contributed by atoms with Crippen molar-refractivity contribution in [3.05, 3.63) is 29.8 Å². The second-order valence-corrected chi connectivity index (χ2v) is 5.19. The highest BCUT2D eigenvalue weighted by Crippen LogP contribution is 2.30. The van der Waals surface area contributed by atoms with Crippen LogP contribution in [0.25, 0.3) is 0 Å². The molecule has 0 bridgehead atoms. The summed E-state index contributed by atoms with van der Waals surface area (Å²) in [5.41, 5.74) is 2.97. The van der Waals surface area contributed by atoms with Gasteiger partial charge < -0.3 is 10.2 Å². The van der Waals surface area contributed by atoms with Gasteiger partial charge >= 0.3 is 0 Å². The number of hydrogen-bond acceptors (Lipinski definition) is 2. The van der Waals surface area contributed by atoms with E-state index in [4.69, 9.17) is 0 Å². The first-order chi connectivity index (χ1) is 8.22. The lowest BCUT2D eigenvalue weighted by Gasteiger charge is -2.37. The molecule has 2 unspecified atom stereocenters. The van der Waals surface area contributed by atoms with Crippen LogP contribution in [-0.2, 0) is 6.42 Å². The first kappa shape index (κ1) is 12.4. The lowest BCUT2D eigenvalue weighted by atomic mass is 9.96. The third-order valence-corrected chi connectivity index (χ3v) is 3.96. The summed E-state index contributed by atoms with van der Waals surface area (Å²) >= 11 is 0. The van der Waals surface area contributed by atoms with Gasteiger partial charge in [0.1, 0.15) is 0 Å². The minimum absolute atomic E-state index is 0.594. The van der Waals surface area contributed by atoms with Crippen LogP contribution in [0, 0.1) is 0 Å². The van der Waals surface area contributed by atoms with Gasteiger partial charge in [-0.3, -0.25) is 0 Å². The number of nitrogens with one attached hydrogen (secondary N) is 1. The van der Waals surface area contributed by atoms with Crippen molar-refractivity contribution in [3.8, 4) is 0 Å². The minimum Gasteiger partial charge on any atom is -0.369 e. The first-order valence-corrected chi connectivity index (χ1v) is 6.74. The van der Waals surface area contributed by atoms with Crippen molar-refractivity contribution in [2.75, 3.05) is 18.5 Å². The topological polar surface area (TPSA) is 15.3 Å². The molecule has 1 aromatic carbocycles. The van der Waals surface area contributed by atoms with Gasteiger partial charge in [-0.25, -0.2) is 0 Å². The number of nitrogens with zero attached hydrogens (tertiary/aromatic N) is 1. The standard InChI is InChI=1S/C15H24N2/c1-12(16-3)10-11-17-13(2)8-9-14-6-4-5-7-15(14)17/h4-7,12-13,16H,8-11H2,1-3H3. The van der Waals surface area contributed by atoms with Crippen molar-refractivity contribution in [2.45, 2.75) is 45.2 Å². The van der Waals surface area contributed by atoms with Crippen molar-refractivity contribution in [1.82, 2.24) is 5.32 Å². The van der Waals surface area contributed by atoms with Crippen LogP contribution in [0.4, 0.5) is 5.69 Å². The Morgan fingerprint density at radius 2 is 2.18 bits per heavy atom. The minimum atomic E-state index is 0.594. The summed E-state index contributed by atoms with van der Waals surface area (Å²) in [4.78, 5) is 2.58. The maximum absolute atomic E-state index is 3.32. The molecule has 0 aliphatic carbocycles. The number of aryl methyl sites for hydroxylation is 1. The largest absolute Gasteiger partial charge is 0.369 e. The molecule has 0 saturated heterocycles. The first-order valence-electron chi connectivity index (χ1n) is 6.74. The second-order valence-electron chi connectivity index (χ2n) is 5.19. The SMILES string of the molecule is CNC(C)CCN1c2ccccc2CCC1C. The molecule has 0 aromatic heterocycles. The number of rotatable bonds is 4. The van der Waals surface area contributed by atoms with E-state index in [0.717, 1.165) is 6.54 Å². The molecule has 17 heavy (non-hydrogen) atoms. The van der Waals surface area contributed by atoms with Crippen molar-refractivity contribution in [1.29, 1.82) is 0 Å². The smallest absolute Gasteiger partial charge is 0.0401 e. The Morgan fingerprint density at radius 3 is 2.94 bits per heavy atom. The molecular formula is C15H24N2. The van der Waals surface area contributed by atoms with Crippen LogP contribution in [0.5, 0.6) is 0 Å². The van der Waals surface area contributed by atoms with E-state index in [0.29, 0.717) is 12.1 Å². The van der Waals surface area contributed by atoms with E-state index in [9.17, 15) is 0 Å². The van der Waals surface area contributed by atoms with Gasteiger partial charge in [0.2, 0.25) is 0 Å². The molecule has 1 aromatic rings. The lowest BCUT2D eigenvalue weighted by molar-refractivity contribution is 0.506. The van der Waals surface area contributed by atoms with Gasteiger partial charge in [0.15, 0.2) is 0 Å². The summed E-state index contributed by atoms with van der Waals surface area (Å²) < 4.78 is 0. The zero-order valence-corrected chi connectivity index (χ0v) is 11.2. The Hall–Kier alpha value is -1.02. The third-order valence-electron chi connectivity index (χ3n) is 3.96. The van der Waals surface area contributed by atoms with Gasteiger partial charge in [0.05, 0.1) is 0 Å². The van der Waals surface area contributed by atoms with Crippen LogP contribution in [0.3, 0.4) is 0 Å². The molecule has 94 valence electrons. The molecule has 2 heteroatoms. The van der Waals surface area contributed by atoms with Gasteiger partial charge in [-0.15, -0.1) is 0 Å². The van der Waals surface area contributed by atoms with E-state index in [-0.39, 0.29) is 0 Å². The lowest BCUT2D eigenvalue weighted by Crippen LogP contribution is -2.40. The van der Waals surface area contributed by atoms with Crippen molar-refractivity contribution < 1.29 is 0 Å². The Morgan fingerprint density at radius 1 is 1.41 bits per heavy atom. The molecule has 1 aliphatic rings. The summed E-state index contributed by atoms with van der Waals surface area (Å²) in [5.74, 6) is 0. The summed E-state index contributed by atoms with van der Waals surface area (Å²) in [7, 11) is 2.04. The summed E-state index contributed by atoms with van der Waals surface area (Å²) in [5, 5.41) is 3.32. The molecule has 0 spiro atoms. The third kappa shape index (κ3) is 2.81. The highest BCUT2D eigenvalue weighted by Gasteiger charge is 2.22. The number of hydrogen-bond donors (Lipinski definition) is 1. The van der Waals surface area contributed by atoms with Crippen molar-refractivity contribution >= 4 is 5.69 Å². The monoisotopic (exact) mass is 232 g/mol. The van der Waals surface area contributed by atoms with E-state index >= 15 is 0 Å². The quantitative estimate of drug-likeness (QED) is 0.858. The molecule has 0 fully saturated rings. The molecule has 0 saturated carbocycles. The molecular weight excluding hydrogens is 208 g/mol. The second kappa shape index (κ2) is 5.54. The van der Waals surface area contributed by atoms with Crippen molar-refractivity contribution in [2.24, 2.45) is 0 Å². The van der Waals surface area contributed by atoms with Gasteiger partial charge in [-0.2, -0.15) is 0 Å². The van der Waals surface area contributed by atoms with Gasteiger partial charge in [-0.05, 0) is 51.8 Å². The molecule has 1 aliphatic heterocycles. The van der Waals surface area contributed by atoms with Gasteiger partial charge in [-0.1, -0.05) is 18.2 Å². The predicted molar refractivity (Wildman–Crippen MR) is 74.7 cm³/mol. The Bertz CT molecular complexity index is 362. The molecule has 1 heterocycles. The van der Waals surface area contributed by atoms with Gasteiger partial charge in [0.25, 0.3) is 0 Å². The van der Waals surface area contributed by atoms with E-state index in [1.807, 2.05) is 7.05 Å². The molecule has 0 amide bonds. The maximum Gasteiger partial charge on any atom is 0.0401 e. The van der Waals surface area contributed by atoms with Crippen molar-refractivity contribution in [3.63, 3.8) is 0 Å². The molecule has 0 radical (unpaired) electrons. The van der Waals surface area contributed by atoms with E-state index in [1.165, 1.54) is 30.5 Å². The fourth-order valence-corrected chi connectivity index (χ4v) is 2.58.